The van der Waals surface area contributed by atoms with E-state index in [1.807, 2.05) is 4.90 Å². The quantitative estimate of drug-likeness (QED) is 0.739. The molecule has 0 aliphatic carbocycles. The lowest BCUT2D eigenvalue weighted by Crippen LogP contribution is -2.48. The molecule has 4 N–H and O–H groups in total. The van der Waals surface area contributed by atoms with Gasteiger partial charge in [-0.25, -0.2) is 0 Å². The molecule has 8 heteroatoms. The monoisotopic (exact) mass is 275 g/mol. The van der Waals surface area contributed by atoms with Crippen LogP contribution in [0.3, 0.4) is 0 Å². The van der Waals surface area contributed by atoms with E-state index in [0.717, 1.165) is 31.2 Å². The predicted molar refractivity (Wildman–Crippen MR) is 75.4 cm³/mol. The van der Waals surface area contributed by atoms with Crippen LogP contribution >= 0.6 is 0 Å². The number of nitrogens with one attached hydrogen (secondary N) is 2. The van der Waals surface area contributed by atoms with Crippen LogP contribution in [-0.4, -0.2) is 45.7 Å². The fourth-order valence-electron chi connectivity index (χ4n) is 2.63. The molecule has 0 spiro atoms. The number of anilines is 2. The molecule has 20 heavy (non-hydrogen) atoms. The summed E-state index contributed by atoms with van der Waals surface area (Å²) in [6.07, 6.45) is 4.45. The highest BCUT2D eigenvalue weighted by Gasteiger charge is 2.29. The Hall–Kier alpha value is -2.38. The van der Waals surface area contributed by atoms with Crippen molar-refractivity contribution in [2.24, 2.45) is 5.73 Å². The average Bonchev–Trinajstić information content (AvgIpc) is 2.94. The molecule has 2 aromatic heterocycles. The first-order valence-electron chi connectivity index (χ1n) is 6.65. The molecule has 0 aromatic carbocycles. The number of aromatic amines is 1. The Morgan fingerprint density at radius 3 is 3.10 bits per heavy atom. The molecular formula is C12H17N7O. The number of carbonyl (C=O) groups excluding carboxylic acids is 1. The number of H-pyrrole nitrogens is 1. The van der Waals surface area contributed by atoms with Crippen LogP contribution in [0.5, 0.6) is 0 Å². The van der Waals surface area contributed by atoms with Gasteiger partial charge in [0, 0.05) is 13.6 Å². The first-order valence-corrected chi connectivity index (χ1v) is 6.65. The minimum Gasteiger partial charge on any atom is -0.368 e. The molecule has 1 unspecified atom stereocenters. The second-order valence-corrected chi connectivity index (χ2v) is 4.86. The van der Waals surface area contributed by atoms with Gasteiger partial charge in [-0.15, -0.1) is 0 Å². The summed E-state index contributed by atoms with van der Waals surface area (Å²) in [5.41, 5.74) is 6.17. The number of primary amides is 1. The molecule has 1 saturated heterocycles. The Balaban J connectivity index is 2.11. The Kier molecular flexibility index (Phi) is 3.13. The van der Waals surface area contributed by atoms with Gasteiger partial charge in [0.05, 0.1) is 11.6 Å². The number of nitrogens with zero attached hydrogens (tertiary/aromatic N) is 4. The summed E-state index contributed by atoms with van der Waals surface area (Å²) in [7, 11) is 1.75. The summed E-state index contributed by atoms with van der Waals surface area (Å²) in [6.45, 7) is 0.758. The van der Waals surface area contributed by atoms with Crippen molar-refractivity contribution in [2.75, 3.05) is 23.8 Å². The highest BCUT2D eigenvalue weighted by Crippen LogP contribution is 2.29. The number of hydrogen-bond donors (Lipinski definition) is 3. The highest BCUT2D eigenvalue weighted by atomic mass is 16.1. The SMILES string of the molecule is CNc1nc(N2CCCCC2C(N)=O)c2cn[nH]c2n1. The van der Waals surface area contributed by atoms with Crippen molar-refractivity contribution >= 4 is 28.7 Å². The number of aromatic nitrogens is 4. The van der Waals surface area contributed by atoms with Crippen LogP contribution in [0.1, 0.15) is 19.3 Å². The number of piperidine rings is 1. The molecule has 0 bridgehead atoms. The van der Waals surface area contributed by atoms with Gasteiger partial charge < -0.3 is 16.0 Å². The molecule has 106 valence electrons. The molecular weight excluding hydrogens is 258 g/mol. The van der Waals surface area contributed by atoms with Gasteiger partial charge in [-0.2, -0.15) is 15.1 Å². The van der Waals surface area contributed by atoms with E-state index in [9.17, 15) is 4.79 Å². The number of fused-ring (bicyclic) bond motifs is 1. The molecule has 1 atom stereocenters. The smallest absolute Gasteiger partial charge is 0.240 e. The van der Waals surface area contributed by atoms with Crippen LogP contribution in [0.15, 0.2) is 6.20 Å². The first-order chi connectivity index (χ1) is 9.70. The van der Waals surface area contributed by atoms with E-state index in [1.54, 1.807) is 13.2 Å². The zero-order valence-electron chi connectivity index (χ0n) is 11.3. The fourth-order valence-corrected chi connectivity index (χ4v) is 2.63. The van der Waals surface area contributed by atoms with E-state index >= 15 is 0 Å². The Labute approximate surface area is 115 Å². The summed E-state index contributed by atoms with van der Waals surface area (Å²) >= 11 is 0. The summed E-state index contributed by atoms with van der Waals surface area (Å²) < 4.78 is 0. The van der Waals surface area contributed by atoms with E-state index in [4.69, 9.17) is 5.73 Å². The maximum absolute atomic E-state index is 11.7. The second kappa shape index (κ2) is 4.95. The maximum atomic E-state index is 11.7. The zero-order valence-corrected chi connectivity index (χ0v) is 11.3. The van der Waals surface area contributed by atoms with Gasteiger partial charge in [0.2, 0.25) is 11.9 Å². The van der Waals surface area contributed by atoms with Gasteiger partial charge >= 0.3 is 0 Å². The van der Waals surface area contributed by atoms with E-state index in [2.05, 4.69) is 25.5 Å². The summed E-state index contributed by atoms with van der Waals surface area (Å²) in [5, 5.41) is 10.6. The standard InChI is InChI=1S/C12H17N7O/c1-14-12-16-10-7(6-15-18-10)11(17-12)19-5-3-2-4-8(19)9(13)20/h6,8H,2-5H2,1H3,(H2,13,20)(H2,14,15,16,17,18). The highest BCUT2D eigenvalue weighted by molar-refractivity contribution is 5.91. The molecule has 3 heterocycles. The number of carbonyl (C=O) groups is 1. The number of amides is 1. The van der Waals surface area contributed by atoms with E-state index in [-0.39, 0.29) is 11.9 Å². The molecule has 8 nitrogen and oxygen atoms in total. The van der Waals surface area contributed by atoms with Crippen molar-refractivity contribution in [3.05, 3.63) is 6.20 Å². The van der Waals surface area contributed by atoms with Gasteiger partial charge in [0.1, 0.15) is 11.9 Å². The normalized spacial score (nSPS) is 19.2. The molecule has 1 fully saturated rings. The lowest BCUT2D eigenvalue weighted by atomic mass is 10.0. The minimum atomic E-state index is -0.318. The lowest BCUT2D eigenvalue weighted by Gasteiger charge is -2.34. The number of rotatable bonds is 3. The van der Waals surface area contributed by atoms with E-state index in [0.29, 0.717) is 17.4 Å². The van der Waals surface area contributed by atoms with Crippen molar-refractivity contribution < 1.29 is 4.79 Å². The maximum Gasteiger partial charge on any atom is 0.240 e. The average molecular weight is 275 g/mol. The van der Waals surface area contributed by atoms with Gasteiger partial charge in [-0.05, 0) is 19.3 Å². The van der Waals surface area contributed by atoms with E-state index in [1.165, 1.54) is 0 Å². The van der Waals surface area contributed by atoms with Crippen LogP contribution in [-0.2, 0) is 4.79 Å². The van der Waals surface area contributed by atoms with Crippen LogP contribution in [0.4, 0.5) is 11.8 Å². The van der Waals surface area contributed by atoms with Gasteiger partial charge in [0.15, 0.2) is 5.65 Å². The van der Waals surface area contributed by atoms with Gasteiger partial charge in [-0.1, -0.05) is 0 Å². The van der Waals surface area contributed by atoms with E-state index < -0.39 is 0 Å². The van der Waals surface area contributed by atoms with Crippen LogP contribution < -0.4 is 16.0 Å². The summed E-state index contributed by atoms with van der Waals surface area (Å²) in [6, 6.07) is -0.318. The van der Waals surface area contributed by atoms with Crippen molar-refractivity contribution in [1.82, 2.24) is 20.2 Å². The third-order valence-corrected chi connectivity index (χ3v) is 3.62. The van der Waals surface area contributed by atoms with Gasteiger partial charge in [-0.3, -0.25) is 9.89 Å². The van der Waals surface area contributed by atoms with Crippen LogP contribution in [0.2, 0.25) is 0 Å². The molecule has 2 aromatic rings. The number of hydrogen-bond acceptors (Lipinski definition) is 6. The third kappa shape index (κ3) is 2.02. The second-order valence-electron chi connectivity index (χ2n) is 4.86. The van der Waals surface area contributed by atoms with Crippen LogP contribution in [0, 0.1) is 0 Å². The third-order valence-electron chi connectivity index (χ3n) is 3.62. The molecule has 1 amide bonds. The van der Waals surface area contributed by atoms with Crippen molar-refractivity contribution in [1.29, 1.82) is 0 Å². The first kappa shape index (κ1) is 12.6. The van der Waals surface area contributed by atoms with Gasteiger partial charge in [0.25, 0.3) is 0 Å². The summed E-state index contributed by atoms with van der Waals surface area (Å²) in [4.78, 5) is 22.4. The number of nitrogens with two attached hydrogens (primary N) is 1. The minimum absolute atomic E-state index is 0.314. The fraction of sp³-hybridized carbons (Fsp3) is 0.500. The molecule has 1 aliphatic rings. The Morgan fingerprint density at radius 2 is 2.35 bits per heavy atom. The molecule has 0 radical (unpaired) electrons. The predicted octanol–water partition coefficient (Wildman–Crippen LogP) is 0.239. The molecule has 0 saturated carbocycles. The Bertz CT molecular complexity index is 638. The molecule has 3 rings (SSSR count). The van der Waals surface area contributed by atoms with Crippen molar-refractivity contribution in [2.45, 2.75) is 25.3 Å². The van der Waals surface area contributed by atoms with Crippen molar-refractivity contribution in [3.63, 3.8) is 0 Å². The topological polar surface area (TPSA) is 113 Å². The van der Waals surface area contributed by atoms with Crippen LogP contribution in [0.25, 0.3) is 11.0 Å². The lowest BCUT2D eigenvalue weighted by molar-refractivity contribution is -0.119. The molecule has 1 aliphatic heterocycles. The Morgan fingerprint density at radius 1 is 1.50 bits per heavy atom. The van der Waals surface area contributed by atoms with Crippen molar-refractivity contribution in [3.8, 4) is 0 Å². The summed E-state index contributed by atoms with van der Waals surface area (Å²) in [5.74, 6) is 0.883. The zero-order chi connectivity index (χ0) is 14.1. The largest absolute Gasteiger partial charge is 0.368 e.